The topological polar surface area (TPSA) is 71.4 Å². The Balaban J connectivity index is 1.99. The van der Waals surface area contributed by atoms with Gasteiger partial charge in [0.1, 0.15) is 5.41 Å². The standard InChI is InChI=1S/C11H17N3O2/c1-14(5-9-3-2-4-13-9)10(15)11(6-12)7-16-8-11/h2-4,13H,5-8,12H2,1H3. The monoisotopic (exact) mass is 223 g/mol. The van der Waals surface area contributed by atoms with Crippen molar-refractivity contribution in [3.8, 4) is 0 Å². The zero-order chi connectivity index (χ0) is 11.6. The van der Waals surface area contributed by atoms with E-state index in [4.69, 9.17) is 10.5 Å². The summed E-state index contributed by atoms with van der Waals surface area (Å²) in [5.41, 5.74) is 6.18. The van der Waals surface area contributed by atoms with Crippen molar-refractivity contribution in [3.05, 3.63) is 24.0 Å². The van der Waals surface area contributed by atoms with Crippen molar-refractivity contribution in [2.24, 2.45) is 11.1 Å². The molecule has 2 heterocycles. The summed E-state index contributed by atoms with van der Waals surface area (Å²) in [6.45, 7) is 1.81. The van der Waals surface area contributed by atoms with Crippen LogP contribution in [0.3, 0.4) is 0 Å². The number of nitrogens with two attached hydrogens (primary N) is 1. The fraction of sp³-hybridized carbons (Fsp3) is 0.545. The molecule has 1 aliphatic rings. The number of H-pyrrole nitrogens is 1. The van der Waals surface area contributed by atoms with E-state index in [0.717, 1.165) is 5.69 Å². The maximum Gasteiger partial charge on any atom is 0.234 e. The molecule has 0 bridgehead atoms. The molecule has 0 atom stereocenters. The van der Waals surface area contributed by atoms with Crippen molar-refractivity contribution in [2.45, 2.75) is 6.54 Å². The lowest BCUT2D eigenvalue weighted by Crippen LogP contribution is -2.58. The zero-order valence-corrected chi connectivity index (χ0v) is 9.40. The second-order valence-corrected chi connectivity index (χ2v) is 4.33. The Morgan fingerprint density at radius 2 is 2.44 bits per heavy atom. The fourth-order valence-corrected chi connectivity index (χ4v) is 1.88. The second-order valence-electron chi connectivity index (χ2n) is 4.33. The highest BCUT2D eigenvalue weighted by atomic mass is 16.5. The van der Waals surface area contributed by atoms with Gasteiger partial charge in [0.15, 0.2) is 0 Å². The van der Waals surface area contributed by atoms with Crippen LogP contribution in [0.2, 0.25) is 0 Å². The van der Waals surface area contributed by atoms with Crippen molar-refractivity contribution in [1.29, 1.82) is 0 Å². The first-order valence-electron chi connectivity index (χ1n) is 5.34. The van der Waals surface area contributed by atoms with Gasteiger partial charge < -0.3 is 20.4 Å². The lowest BCUT2D eigenvalue weighted by atomic mass is 9.84. The number of hydrogen-bond donors (Lipinski definition) is 2. The number of aromatic amines is 1. The number of carbonyl (C=O) groups is 1. The molecule has 5 nitrogen and oxygen atoms in total. The van der Waals surface area contributed by atoms with Crippen LogP contribution in [-0.4, -0.2) is 42.6 Å². The SMILES string of the molecule is CN(Cc1ccc[nH]1)C(=O)C1(CN)COC1. The van der Waals surface area contributed by atoms with Crippen molar-refractivity contribution in [2.75, 3.05) is 26.8 Å². The Morgan fingerprint density at radius 3 is 2.88 bits per heavy atom. The highest BCUT2D eigenvalue weighted by Crippen LogP contribution is 2.28. The molecule has 1 saturated heterocycles. The average Bonchev–Trinajstić information content (AvgIpc) is 2.69. The minimum atomic E-state index is -0.485. The maximum absolute atomic E-state index is 12.2. The van der Waals surface area contributed by atoms with E-state index in [1.54, 1.807) is 11.9 Å². The fourth-order valence-electron chi connectivity index (χ4n) is 1.88. The van der Waals surface area contributed by atoms with Gasteiger partial charge in [-0.3, -0.25) is 4.79 Å². The molecule has 0 aliphatic carbocycles. The van der Waals surface area contributed by atoms with Crippen LogP contribution in [0, 0.1) is 5.41 Å². The molecule has 1 aromatic heterocycles. The van der Waals surface area contributed by atoms with Crippen LogP contribution in [0.1, 0.15) is 5.69 Å². The molecule has 0 aromatic carbocycles. The zero-order valence-electron chi connectivity index (χ0n) is 9.40. The Bertz CT molecular complexity index is 352. The summed E-state index contributed by atoms with van der Waals surface area (Å²) in [4.78, 5) is 16.9. The number of rotatable bonds is 4. The molecule has 0 unspecified atom stereocenters. The van der Waals surface area contributed by atoms with Crippen LogP contribution < -0.4 is 5.73 Å². The number of amides is 1. The van der Waals surface area contributed by atoms with E-state index in [9.17, 15) is 4.79 Å². The van der Waals surface area contributed by atoms with Gasteiger partial charge in [0.25, 0.3) is 0 Å². The van der Waals surface area contributed by atoms with E-state index in [2.05, 4.69) is 4.98 Å². The molecular formula is C11H17N3O2. The maximum atomic E-state index is 12.2. The van der Waals surface area contributed by atoms with Crippen LogP contribution in [0.5, 0.6) is 0 Å². The summed E-state index contributed by atoms with van der Waals surface area (Å²) in [6, 6.07) is 3.87. The number of nitrogens with one attached hydrogen (secondary N) is 1. The van der Waals surface area contributed by atoms with E-state index >= 15 is 0 Å². The number of ether oxygens (including phenoxy) is 1. The molecule has 3 N–H and O–H groups in total. The summed E-state index contributed by atoms with van der Waals surface area (Å²) in [5, 5.41) is 0. The van der Waals surface area contributed by atoms with Gasteiger partial charge in [0.2, 0.25) is 5.91 Å². The van der Waals surface area contributed by atoms with Crippen molar-refractivity contribution in [1.82, 2.24) is 9.88 Å². The summed E-state index contributed by atoms with van der Waals surface area (Å²) in [7, 11) is 1.79. The van der Waals surface area contributed by atoms with E-state index in [0.29, 0.717) is 26.3 Å². The van der Waals surface area contributed by atoms with Crippen LogP contribution in [0.4, 0.5) is 0 Å². The lowest BCUT2D eigenvalue weighted by Gasteiger charge is -2.41. The summed E-state index contributed by atoms with van der Waals surface area (Å²) in [5.74, 6) is 0.0656. The second kappa shape index (κ2) is 4.27. The van der Waals surface area contributed by atoms with E-state index in [1.165, 1.54) is 0 Å². The van der Waals surface area contributed by atoms with E-state index in [-0.39, 0.29) is 5.91 Å². The Labute approximate surface area is 94.6 Å². The predicted molar refractivity (Wildman–Crippen MR) is 59.6 cm³/mol. The van der Waals surface area contributed by atoms with Crippen LogP contribution in [0.15, 0.2) is 18.3 Å². The first-order chi connectivity index (χ1) is 7.68. The third-order valence-electron chi connectivity index (χ3n) is 3.02. The van der Waals surface area contributed by atoms with E-state index < -0.39 is 5.41 Å². The lowest BCUT2D eigenvalue weighted by molar-refractivity contribution is -0.169. The average molecular weight is 223 g/mol. The van der Waals surface area contributed by atoms with Crippen LogP contribution in [0.25, 0.3) is 0 Å². The quantitative estimate of drug-likeness (QED) is 0.751. The normalized spacial score (nSPS) is 17.9. The minimum Gasteiger partial charge on any atom is -0.379 e. The van der Waals surface area contributed by atoms with Gasteiger partial charge >= 0.3 is 0 Å². The summed E-state index contributed by atoms with van der Waals surface area (Å²) < 4.78 is 5.10. The molecule has 5 heteroatoms. The Kier molecular flexibility index (Phi) is 2.98. The molecule has 2 rings (SSSR count). The number of nitrogens with zero attached hydrogens (tertiary/aromatic N) is 1. The third-order valence-corrected chi connectivity index (χ3v) is 3.02. The highest BCUT2D eigenvalue weighted by molar-refractivity contribution is 5.83. The van der Waals surface area contributed by atoms with Gasteiger partial charge in [-0.05, 0) is 12.1 Å². The highest BCUT2D eigenvalue weighted by Gasteiger charge is 2.46. The Morgan fingerprint density at radius 1 is 1.69 bits per heavy atom. The molecule has 0 spiro atoms. The molecule has 1 amide bonds. The van der Waals surface area contributed by atoms with Crippen molar-refractivity contribution >= 4 is 5.91 Å². The van der Waals surface area contributed by atoms with Gasteiger partial charge in [0.05, 0.1) is 19.8 Å². The molecule has 0 saturated carbocycles. The minimum absolute atomic E-state index is 0.0656. The molecule has 88 valence electrons. The summed E-state index contributed by atoms with van der Waals surface area (Å²) >= 11 is 0. The van der Waals surface area contributed by atoms with Crippen LogP contribution >= 0.6 is 0 Å². The molecular weight excluding hydrogens is 206 g/mol. The van der Waals surface area contributed by atoms with Gasteiger partial charge in [-0.15, -0.1) is 0 Å². The van der Waals surface area contributed by atoms with Crippen LogP contribution in [-0.2, 0) is 16.1 Å². The number of carbonyl (C=O) groups excluding carboxylic acids is 1. The molecule has 0 radical (unpaired) electrons. The number of aromatic nitrogens is 1. The smallest absolute Gasteiger partial charge is 0.234 e. The summed E-state index contributed by atoms with van der Waals surface area (Å²) in [6.07, 6.45) is 1.85. The third kappa shape index (κ3) is 1.83. The predicted octanol–water partition coefficient (Wildman–Crippen LogP) is -0.0516. The van der Waals surface area contributed by atoms with Crippen molar-refractivity contribution in [3.63, 3.8) is 0 Å². The molecule has 1 aliphatic heterocycles. The van der Waals surface area contributed by atoms with Crippen molar-refractivity contribution < 1.29 is 9.53 Å². The van der Waals surface area contributed by atoms with Gasteiger partial charge in [-0.25, -0.2) is 0 Å². The molecule has 1 fully saturated rings. The number of hydrogen-bond acceptors (Lipinski definition) is 3. The van der Waals surface area contributed by atoms with Gasteiger partial charge in [-0.1, -0.05) is 0 Å². The molecule has 1 aromatic rings. The first kappa shape index (κ1) is 11.2. The largest absolute Gasteiger partial charge is 0.379 e. The first-order valence-corrected chi connectivity index (χ1v) is 5.34. The molecule has 16 heavy (non-hydrogen) atoms. The van der Waals surface area contributed by atoms with E-state index in [1.807, 2.05) is 18.3 Å². The van der Waals surface area contributed by atoms with Gasteiger partial charge in [-0.2, -0.15) is 0 Å². The Hall–Kier alpha value is -1.33. The van der Waals surface area contributed by atoms with Gasteiger partial charge in [0, 0.05) is 25.5 Å².